The SMILES string of the molecule is CC1=CCC(Cl)=C(N2CC=CC2)C=C1. The molecule has 0 aromatic rings. The number of halogens is 1. The first-order valence-electron chi connectivity index (χ1n) is 4.91. The summed E-state index contributed by atoms with van der Waals surface area (Å²) in [5, 5.41) is 0.946. The lowest BCUT2D eigenvalue weighted by Gasteiger charge is -2.19. The largest absolute Gasteiger partial charge is 0.363 e. The molecule has 2 heteroatoms. The van der Waals surface area contributed by atoms with Gasteiger partial charge in [0.2, 0.25) is 0 Å². The summed E-state index contributed by atoms with van der Waals surface area (Å²) >= 11 is 6.25. The van der Waals surface area contributed by atoms with Gasteiger partial charge in [-0.1, -0.05) is 41.5 Å². The highest BCUT2D eigenvalue weighted by molar-refractivity contribution is 6.30. The molecule has 0 amide bonds. The maximum Gasteiger partial charge on any atom is 0.0522 e. The van der Waals surface area contributed by atoms with Crippen LogP contribution in [0.2, 0.25) is 0 Å². The van der Waals surface area contributed by atoms with Crippen LogP contribution in [0.1, 0.15) is 13.3 Å². The van der Waals surface area contributed by atoms with Crippen molar-refractivity contribution in [2.75, 3.05) is 13.1 Å². The minimum absolute atomic E-state index is 0.853. The zero-order valence-electron chi connectivity index (χ0n) is 8.33. The van der Waals surface area contributed by atoms with Gasteiger partial charge in [-0.15, -0.1) is 0 Å². The van der Waals surface area contributed by atoms with E-state index in [1.165, 1.54) is 11.3 Å². The predicted molar refractivity (Wildman–Crippen MR) is 61.1 cm³/mol. The van der Waals surface area contributed by atoms with Crippen LogP contribution in [-0.4, -0.2) is 18.0 Å². The van der Waals surface area contributed by atoms with Gasteiger partial charge in [-0.05, 0) is 13.0 Å². The van der Waals surface area contributed by atoms with Crippen LogP contribution in [0.3, 0.4) is 0 Å². The van der Waals surface area contributed by atoms with Crippen LogP contribution < -0.4 is 0 Å². The standard InChI is InChI=1S/C12H14ClN/c1-10-4-6-11(13)12(7-5-10)14-8-2-3-9-14/h2-5,7H,6,8-9H2,1H3. The van der Waals surface area contributed by atoms with Crippen molar-refractivity contribution in [1.82, 2.24) is 4.90 Å². The molecule has 0 unspecified atom stereocenters. The maximum atomic E-state index is 6.25. The third-order valence-corrected chi connectivity index (χ3v) is 2.89. The van der Waals surface area contributed by atoms with Gasteiger partial charge in [0.15, 0.2) is 0 Å². The van der Waals surface area contributed by atoms with E-state index < -0.39 is 0 Å². The molecule has 0 atom stereocenters. The topological polar surface area (TPSA) is 3.24 Å². The maximum absolute atomic E-state index is 6.25. The van der Waals surface area contributed by atoms with Crippen molar-refractivity contribution in [1.29, 1.82) is 0 Å². The van der Waals surface area contributed by atoms with E-state index in [2.05, 4.69) is 42.2 Å². The third kappa shape index (κ3) is 1.93. The van der Waals surface area contributed by atoms with Gasteiger partial charge >= 0.3 is 0 Å². The second-order valence-electron chi connectivity index (χ2n) is 3.65. The highest BCUT2D eigenvalue weighted by Crippen LogP contribution is 2.24. The average molecular weight is 208 g/mol. The molecule has 0 radical (unpaired) electrons. The van der Waals surface area contributed by atoms with Gasteiger partial charge in [-0.3, -0.25) is 0 Å². The molecular weight excluding hydrogens is 194 g/mol. The summed E-state index contributed by atoms with van der Waals surface area (Å²) in [5.41, 5.74) is 2.45. The van der Waals surface area contributed by atoms with Crippen LogP contribution in [0.5, 0.6) is 0 Å². The molecular formula is C12H14ClN. The third-order valence-electron chi connectivity index (χ3n) is 2.54. The molecule has 1 nitrogen and oxygen atoms in total. The van der Waals surface area contributed by atoms with E-state index >= 15 is 0 Å². The molecule has 2 aliphatic rings. The van der Waals surface area contributed by atoms with Gasteiger partial charge in [0.05, 0.1) is 5.70 Å². The van der Waals surface area contributed by atoms with Crippen molar-refractivity contribution < 1.29 is 0 Å². The minimum Gasteiger partial charge on any atom is -0.363 e. The van der Waals surface area contributed by atoms with Gasteiger partial charge in [0.25, 0.3) is 0 Å². The summed E-state index contributed by atoms with van der Waals surface area (Å²) < 4.78 is 0. The Balaban J connectivity index is 2.21. The Morgan fingerprint density at radius 1 is 1.21 bits per heavy atom. The lowest BCUT2D eigenvalue weighted by atomic mass is 10.2. The molecule has 2 rings (SSSR count). The predicted octanol–water partition coefficient (Wildman–Crippen LogP) is 3.21. The van der Waals surface area contributed by atoms with Crippen molar-refractivity contribution in [3.05, 3.63) is 46.7 Å². The van der Waals surface area contributed by atoms with E-state index in [9.17, 15) is 0 Å². The molecule has 0 bridgehead atoms. The number of hydrogen-bond donors (Lipinski definition) is 0. The second-order valence-corrected chi connectivity index (χ2v) is 4.11. The zero-order chi connectivity index (χ0) is 9.97. The molecule has 0 fully saturated rings. The van der Waals surface area contributed by atoms with E-state index in [1.807, 2.05) is 0 Å². The molecule has 1 aliphatic carbocycles. The van der Waals surface area contributed by atoms with Gasteiger partial charge in [0, 0.05) is 24.5 Å². The minimum atomic E-state index is 0.853. The number of hydrogen-bond acceptors (Lipinski definition) is 1. The van der Waals surface area contributed by atoms with E-state index in [1.54, 1.807) is 0 Å². The zero-order valence-corrected chi connectivity index (χ0v) is 9.09. The van der Waals surface area contributed by atoms with Gasteiger partial charge in [0.1, 0.15) is 0 Å². The van der Waals surface area contributed by atoms with Crippen LogP contribution in [0.4, 0.5) is 0 Å². The fourth-order valence-corrected chi connectivity index (χ4v) is 1.94. The van der Waals surface area contributed by atoms with Crippen molar-refractivity contribution >= 4 is 11.6 Å². The summed E-state index contributed by atoms with van der Waals surface area (Å²) in [6.07, 6.45) is 11.6. The smallest absolute Gasteiger partial charge is 0.0522 e. The fraction of sp³-hybridized carbons (Fsp3) is 0.333. The average Bonchev–Trinajstić information content (AvgIpc) is 2.63. The molecule has 1 aliphatic heterocycles. The van der Waals surface area contributed by atoms with E-state index in [0.717, 1.165) is 24.5 Å². The molecule has 0 aromatic heterocycles. The quantitative estimate of drug-likeness (QED) is 0.597. The molecule has 0 N–H and O–H groups in total. The second kappa shape index (κ2) is 4.05. The van der Waals surface area contributed by atoms with Crippen LogP contribution in [0, 0.1) is 0 Å². The molecule has 0 saturated heterocycles. The van der Waals surface area contributed by atoms with Crippen molar-refractivity contribution in [3.8, 4) is 0 Å². The van der Waals surface area contributed by atoms with Gasteiger partial charge in [-0.2, -0.15) is 0 Å². The van der Waals surface area contributed by atoms with Crippen molar-refractivity contribution in [3.63, 3.8) is 0 Å². The Kier molecular flexibility index (Phi) is 2.78. The Hall–Kier alpha value is -0.950. The normalized spacial score (nSPS) is 21.6. The van der Waals surface area contributed by atoms with E-state index in [-0.39, 0.29) is 0 Å². The summed E-state index contributed by atoms with van der Waals surface area (Å²) in [6, 6.07) is 0. The molecule has 74 valence electrons. The first kappa shape index (κ1) is 9.60. The van der Waals surface area contributed by atoms with Gasteiger partial charge in [-0.25, -0.2) is 0 Å². The highest BCUT2D eigenvalue weighted by atomic mass is 35.5. The molecule has 14 heavy (non-hydrogen) atoms. The Bertz CT molecular complexity index is 339. The number of allylic oxidation sites excluding steroid dienone is 5. The highest BCUT2D eigenvalue weighted by Gasteiger charge is 2.13. The van der Waals surface area contributed by atoms with E-state index in [0.29, 0.717) is 0 Å². The summed E-state index contributed by atoms with van der Waals surface area (Å²) in [5.74, 6) is 0. The van der Waals surface area contributed by atoms with Crippen molar-refractivity contribution in [2.24, 2.45) is 0 Å². The Labute approximate surface area is 90.0 Å². The molecule has 0 aromatic carbocycles. The lowest BCUT2D eigenvalue weighted by molar-refractivity contribution is 0.455. The summed E-state index contributed by atoms with van der Waals surface area (Å²) in [6.45, 7) is 4.07. The Morgan fingerprint density at radius 2 is 1.93 bits per heavy atom. The molecule has 0 spiro atoms. The van der Waals surface area contributed by atoms with Crippen LogP contribution in [0.25, 0.3) is 0 Å². The van der Waals surface area contributed by atoms with Crippen LogP contribution >= 0.6 is 11.6 Å². The van der Waals surface area contributed by atoms with Gasteiger partial charge < -0.3 is 4.90 Å². The van der Waals surface area contributed by atoms with Crippen LogP contribution in [-0.2, 0) is 0 Å². The Morgan fingerprint density at radius 3 is 2.64 bits per heavy atom. The molecule has 1 heterocycles. The fourth-order valence-electron chi connectivity index (χ4n) is 1.68. The first-order chi connectivity index (χ1) is 6.77. The summed E-state index contributed by atoms with van der Waals surface area (Å²) in [7, 11) is 0. The molecule has 0 saturated carbocycles. The number of rotatable bonds is 1. The monoisotopic (exact) mass is 207 g/mol. The number of nitrogens with zero attached hydrogens (tertiary/aromatic N) is 1. The van der Waals surface area contributed by atoms with Crippen LogP contribution in [0.15, 0.2) is 46.7 Å². The lowest BCUT2D eigenvalue weighted by Crippen LogP contribution is -2.18. The van der Waals surface area contributed by atoms with E-state index in [4.69, 9.17) is 11.6 Å². The summed E-state index contributed by atoms with van der Waals surface area (Å²) in [4.78, 5) is 2.28. The van der Waals surface area contributed by atoms with Crippen molar-refractivity contribution in [2.45, 2.75) is 13.3 Å². The first-order valence-corrected chi connectivity index (χ1v) is 5.28.